The van der Waals surface area contributed by atoms with Gasteiger partial charge in [-0.15, -0.1) is 0 Å². The van der Waals surface area contributed by atoms with Gasteiger partial charge in [-0.25, -0.2) is 8.78 Å². The Hall–Kier alpha value is -4.78. The first-order chi connectivity index (χ1) is 23.0. The molecule has 3 aromatic rings. The van der Waals surface area contributed by atoms with Gasteiger partial charge in [0.25, 0.3) is 17.9 Å². The third-order valence-corrected chi connectivity index (χ3v) is 10.2. The summed E-state index contributed by atoms with van der Waals surface area (Å²) in [4.78, 5) is 55.6. The van der Waals surface area contributed by atoms with E-state index in [9.17, 15) is 28.0 Å². The van der Waals surface area contributed by atoms with E-state index in [-0.39, 0.29) is 23.7 Å². The molecule has 0 bridgehead atoms. The van der Waals surface area contributed by atoms with Gasteiger partial charge < -0.3 is 23.8 Å². The van der Waals surface area contributed by atoms with Crippen molar-refractivity contribution in [2.24, 2.45) is 12.5 Å². The largest absolute Gasteiger partial charge is 0.496 e. The maximum absolute atomic E-state index is 13.6. The number of benzene rings is 2. The number of aryl methyl sites for hydroxylation is 1. The molecule has 1 unspecified atom stereocenters. The average Bonchev–Trinajstić information content (AvgIpc) is 3.62. The summed E-state index contributed by atoms with van der Waals surface area (Å²) in [6, 6.07) is 10.0. The molecular weight excluding hydrogens is 624 g/mol. The fraction of sp³-hybridized carbons (Fsp3) is 0.429. The fourth-order valence-electron chi connectivity index (χ4n) is 7.71. The summed E-state index contributed by atoms with van der Waals surface area (Å²) in [7, 11) is 4.59. The van der Waals surface area contributed by atoms with Crippen molar-refractivity contribution in [1.29, 1.82) is 0 Å². The maximum Gasteiger partial charge on any atom is 0.269 e. The molecule has 7 rings (SSSR count). The third-order valence-electron chi connectivity index (χ3n) is 10.2. The van der Waals surface area contributed by atoms with Gasteiger partial charge in [0, 0.05) is 69.1 Å². The number of hydrogen-bond acceptors (Lipinski definition) is 8. The standard InChI is InChI=1S/C35H37F2N5O6/c1-39-14-21(11-25(31(36)37)33(39)45)20-12-28(47-2)26(29(13-20)48-3)16-40-9-8-35(17-40)18-41(19-35)23-4-5-24-22(10-23)15-42(34(24)46)27-6-7-30(43)38-32(27)44/h4-5,10-14,27,31H,6-9,15-19H2,1-3H3,(H,38,43,44). The van der Waals surface area contributed by atoms with Crippen molar-refractivity contribution in [1.82, 2.24) is 19.7 Å². The smallest absolute Gasteiger partial charge is 0.269 e. The van der Waals surface area contributed by atoms with Crippen molar-refractivity contribution < 1.29 is 32.6 Å². The van der Waals surface area contributed by atoms with Crippen molar-refractivity contribution in [2.45, 2.75) is 44.8 Å². The van der Waals surface area contributed by atoms with Crippen molar-refractivity contribution >= 4 is 23.4 Å². The lowest BCUT2D eigenvalue weighted by atomic mass is 9.78. The lowest BCUT2D eigenvalue weighted by Gasteiger charge is -2.49. The summed E-state index contributed by atoms with van der Waals surface area (Å²) >= 11 is 0. The molecule has 11 nitrogen and oxygen atoms in total. The summed E-state index contributed by atoms with van der Waals surface area (Å²) in [5, 5.41) is 2.35. The number of rotatable bonds is 8. The first-order valence-corrected chi connectivity index (χ1v) is 16.0. The Kier molecular flexibility index (Phi) is 7.97. The van der Waals surface area contributed by atoms with Crippen molar-refractivity contribution in [3.63, 3.8) is 0 Å². The first kappa shape index (κ1) is 31.8. The number of piperidine rings is 1. The van der Waals surface area contributed by atoms with E-state index in [1.807, 2.05) is 18.2 Å². The Morgan fingerprint density at radius 2 is 1.71 bits per heavy atom. The monoisotopic (exact) mass is 661 g/mol. The van der Waals surface area contributed by atoms with E-state index in [0.29, 0.717) is 47.7 Å². The number of alkyl halides is 2. The molecule has 1 spiro atoms. The van der Waals surface area contributed by atoms with Crippen LogP contribution in [0.15, 0.2) is 47.4 Å². The Morgan fingerprint density at radius 1 is 0.979 bits per heavy atom. The van der Waals surface area contributed by atoms with E-state index in [2.05, 4.69) is 15.1 Å². The predicted molar refractivity (Wildman–Crippen MR) is 172 cm³/mol. The minimum absolute atomic E-state index is 0.120. The zero-order chi connectivity index (χ0) is 33.9. The van der Waals surface area contributed by atoms with E-state index < -0.39 is 29.5 Å². The summed E-state index contributed by atoms with van der Waals surface area (Å²) in [6.07, 6.45) is 0.219. The molecule has 4 aliphatic heterocycles. The van der Waals surface area contributed by atoms with E-state index in [0.717, 1.165) is 54.0 Å². The molecule has 1 aromatic heterocycles. The minimum Gasteiger partial charge on any atom is -0.496 e. The number of methoxy groups -OCH3 is 2. The predicted octanol–water partition coefficient (Wildman–Crippen LogP) is 3.48. The van der Waals surface area contributed by atoms with Crippen LogP contribution < -0.4 is 25.2 Å². The van der Waals surface area contributed by atoms with Crippen LogP contribution >= 0.6 is 0 Å². The van der Waals surface area contributed by atoms with Crippen LogP contribution in [-0.2, 0) is 29.7 Å². The van der Waals surface area contributed by atoms with Crippen LogP contribution in [0.3, 0.4) is 0 Å². The van der Waals surface area contributed by atoms with Crippen LogP contribution in [-0.4, -0.2) is 78.5 Å². The number of likely N-dealkylation sites (tertiary alicyclic amines) is 1. The molecular formula is C35H37F2N5O6. The highest BCUT2D eigenvalue weighted by molar-refractivity contribution is 6.05. The van der Waals surface area contributed by atoms with Crippen LogP contribution in [0.4, 0.5) is 14.5 Å². The maximum atomic E-state index is 13.6. The molecule has 1 N–H and O–H groups in total. The number of hydrogen-bond donors (Lipinski definition) is 1. The Bertz CT molecular complexity index is 1860. The first-order valence-electron chi connectivity index (χ1n) is 16.0. The Labute approximate surface area is 276 Å². The number of pyridine rings is 1. The van der Waals surface area contributed by atoms with Gasteiger partial charge in [0.1, 0.15) is 17.5 Å². The number of halogens is 2. The molecule has 5 heterocycles. The number of anilines is 1. The number of aromatic nitrogens is 1. The van der Waals surface area contributed by atoms with Crippen molar-refractivity contribution in [2.75, 3.05) is 45.3 Å². The second-order valence-corrected chi connectivity index (χ2v) is 13.3. The highest BCUT2D eigenvalue weighted by Gasteiger charge is 2.48. The van der Waals surface area contributed by atoms with Crippen LogP contribution in [0.25, 0.3) is 11.1 Å². The number of carbonyl (C=O) groups is 3. The molecule has 0 radical (unpaired) electrons. The van der Waals surface area contributed by atoms with E-state index in [1.54, 1.807) is 31.3 Å². The molecule has 3 fully saturated rings. The van der Waals surface area contributed by atoms with Gasteiger partial charge in [-0.2, -0.15) is 0 Å². The minimum atomic E-state index is -2.89. The molecule has 48 heavy (non-hydrogen) atoms. The van der Waals surface area contributed by atoms with Crippen LogP contribution in [0.2, 0.25) is 0 Å². The molecule has 4 aliphatic rings. The highest BCUT2D eigenvalue weighted by Crippen LogP contribution is 2.44. The van der Waals surface area contributed by atoms with E-state index >= 15 is 0 Å². The SMILES string of the molecule is COc1cc(-c2cc(C(F)F)c(=O)n(C)c2)cc(OC)c1CN1CCC2(C1)CN(c1ccc3c(c1)CN(C1CCC(=O)NC1=O)C3=O)C2. The number of nitrogens with zero attached hydrogens (tertiary/aromatic N) is 4. The van der Waals surface area contributed by atoms with Gasteiger partial charge in [-0.05, 0) is 72.5 Å². The number of carbonyl (C=O) groups excluding carboxylic acids is 3. The summed E-state index contributed by atoms with van der Waals surface area (Å²) in [5.74, 6) is 0.256. The molecule has 0 aliphatic carbocycles. The van der Waals surface area contributed by atoms with Gasteiger partial charge in [0.15, 0.2) is 0 Å². The lowest BCUT2D eigenvalue weighted by Crippen LogP contribution is -2.57. The van der Waals surface area contributed by atoms with Crippen molar-refractivity contribution in [3.05, 3.63) is 75.2 Å². The number of ether oxygens (including phenoxy) is 2. The van der Waals surface area contributed by atoms with Gasteiger partial charge >= 0.3 is 0 Å². The average molecular weight is 662 g/mol. The Balaban J connectivity index is 1.03. The van der Waals surface area contributed by atoms with Crippen LogP contribution in [0, 0.1) is 5.41 Å². The van der Waals surface area contributed by atoms with Crippen LogP contribution in [0.1, 0.15) is 52.7 Å². The fourth-order valence-corrected chi connectivity index (χ4v) is 7.71. The lowest BCUT2D eigenvalue weighted by molar-refractivity contribution is -0.136. The van der Waals surface area contributed by atoms with E-state index in [1.165, 1.54) is 19.3 Å². The molecule has 252 valence electrons. The highest BCUT2D eigenvalue weighted by atomic mass is 19.3. The topological polar surface area (TPSA) is 113 Å². The molecule has 3 amide bonds. The van der Waals surface area contributed by atoms with Crippen LogP contribution in [0.5, 0.6) is 11.5 Å². The summed E-state index contributed by atoms with van der Waals surface area (Å²) in [5.41, 5.74) is 3.30. The third kappa shape index (κ3) is 5.49. The van der Waals surface area contributed by atoms with E-state index in [4.69, 9.17) is 9.47 Å². The quantitative estimate of drug-likeness (QED) is 0.366. The molecule has 13 heteroatoms. The molecule has 0 saturated carbocycles. The summed E-state index contributed by atoms with van der Waals surface area (Å²) < 4.78 is 39.8. The number of amides is 3. The number of imide groups is 1. The second-order valence-electron chi connectivity index (χ2n) is 13.3. The molecule has 3 saturated heterocycles. The summed E-state index contributed by atoms with van der Waals surface area (Å²) in [6.45, 7) is 4.45. The van der Waals surface area contributed by atoms with Gasteiger partial charge in [0.05, 0.1) is 25.3 Å². The normalized spacial score (nSPS) is 20.4. The zero-order valence-corrected chi connectivity index (χ0v) is 27.1. The van der Waals surface area contributed by atoms with Gasteiger partial charge in [-0.3, -0.25) is 29.4 Å². The Morgan fingerprint density at radius 3 is 2.38 bits per heavy atom. The van der Waals surface area contributed by atoms with Gasteiger partial charge in [-0.1, -0.05) is 0 Å². The number of fused-ring (bicyclic) bond motifs is 1. The molecule has 2 aromatic carbocycles. The zero-order valence-electron chi connectivity index (χ0n) is 27.1. The number of nitrogens with one attached hydrogen (secondary N) is 1. The second kappa shape index (κ2) is 12.0. The molecule has 1 atom stereocenters. The van der Waals surface area contributed by atoms with Crippen molar-refractivity contribution in [3.8, 4) is 22.6 Å². The van der Waals surface area contributed by atoms with Gasteiger partial charge in [0.2, 0.25) is 11.8 Å².